The zero-order valence-corrected chi connectivity index (χ0v) is 17.2. The van der Waals surface area contributed by atoms with E-state index in [0.29, 0.717) is 12.1 Å². The van der Waals surface area contributed by atoms with Crippen molar-refractivity contribution in [2.45, 2.75) is 77.9 Å². The number of thiocarbonyl (C=S) groups is 1. The van der Waals surface area contributed by atoms with Crippen molar-refractivity contribution in [2.24, 2.45) is 5.41 Å². The number of piperidine rings is 2. The van der Waals surface area contributed by atoms with Gasteiger partial charge < -0.3 is 15.5 Å². The van der Waals surface area contributed by atoms with Crippen molar-refractivity contribution < 1.29 is 4.79 Å². The molecular formula is C21H31N3OS. The van der Waals surface area contributed by atoms with Gasteiger partial charge in [0, 0.05) is 29.2 Å². The Balaban J connectivity index is 1.67. The highest BCUT2D eigenvalue weighted by Crippen LogP contribution is 2.35. The number of fused-ring (bicyclic) bond motifs is 2. The number of rotatable bonds is 2. The molecule has 1 aromatic rings. The molecule has 1 amide bonds. The Hall–Kier alpha value is -1.62. The normalized spacial score (nSPS) is 25.5. The van der Waals surface area contributed by atoms with E-state index in [1.165, 1.54) is 12.0 Å². The fourth-order valence-electron chi connectivity index (χ4n) is 4.14. The van der Waals surface area contributed by atoms with Crippen LogP contribution in [-0.4, -0.2) is 34.0 Å². The summed E-state index contributed by atoms with van der Waals surface area (Å²) in [4.78, 5) is 14.8. The van der Waals surface area contributed by atoms with Gasteiger partial charge in [-0.25, -0.2) is 0 Å². The molecule has 4 nitrogen and oxygen atoms in total. The summed E-state index contributed by atoms with van der Waals surface area (Å²) < 4.78 is 0. The third-order valence-corrected chi connectivity index (χ3v) is 5.81. The van der Waals surface area contributed by atoms with Gasteiger partial charge in [-0.3, -0.25) is 4.79 Å². The van der Waals surface area contributed by atoms with Crippen molar-refractivity contribution in [3.63, 3.8) is 0 Å². The third kappa shape index (κ3) is 4.37. The van der Waals surface area contributed by atoms with E-state index in [2.05, 4.69) is 46.7 Å². The average molecular weight is 374 g/mol. The number of amides is 1. The first kappa shape index (κ1) is 19.2. The molecule has 2 aliphatic heterocycles. The SMILES string of the molecule is Cc1cccc(NC(=S)N2[C@H]3CCC[C@H]2CC(NC(=O)C(C)(C)C)C3)c1. The second-order valence-corrected chi connectivity index (χ2v) is 9.22. The van der Waals surface area contributed by atoms with Crippen LogP contribution in [-0.2, 0) is 4.79 Å². The molecule has 0 unspecified atom stereocenters. The van der Waals surface area contributed by atoms with Crippen molar-refractivity contribution in [1.29, 1.82) is 0 Å². The average Bonchev–Trinajstić information content (AvgIpc) is 2.53. The van der Waals surface area contributed by atoms with E-state index >= 15 is 0 Å². The van der Waals surface area contributed by atoms with Crippen LogP contribution in [0.4, 0.5) is 5.69 Å². The largest absolute Gasteiger partial charge is 0.353 e. The maximum absolute atomic E-state index is 12.4. The van der Waals surface area contributed by atoms with Gasteiger partial charge in [0.2, 0.25) is 5.91 Å². The second-order valence-electron chi connectivity index (χ2n) is 8.84. The summed E-state index contributed by atoms with van der Waals surface area (Å²) in [6, 6.07) is 9.41. The highest BCUT2D eigenvalue weighted by atomic mass is 32.1. The molecule has 2 bridgehead atoms. The fraction of sp³-hybridized carbons (Fsp3) is 0.619. The first-order valence-corrected chi connectivity index (χ1v) is 10.1. The van der Waals surface area contributed by atoms with E-state index < -0.39 is 0 Å². The lowest BCUT2D eigenvalue weighted by molar-refractivity contribution is -0.129. The van der Waals surface area contributed by atoms with Crippen LogP contribution >= 0.6 is 12.2 Å². The lowest BCUT2D eigenvalue weighted by Gasteiger charge is -2.50. The van der Waals surface area contributed by atoms with Gasteiger partial charge >= 0.3 is 0 Å². The van der Waals surface area contributed by atoms with Crippen LogP contribution < -0.4 is 10.6 Å². The van der Waals surface area contributed by atoms with Crippen molar-refractivity contribution >= 4 is 28.9 Å². The Bertz CT molecular complexity index is 668. The predicted octanol–water partition coefficient (Wildman–Crippen LogP) is 4.24. The second kappa shape index (κ2) is 7.55. The maximum atomic E-state index is 12.4. The quantitative estimate of drug-likeness (QED) is 0.761. The van der Waals surface area contributed by atoms with Crippen molar-refractivity contribution in [2.75, 3.05) is 5.32 Å². The zero-order chi connectivity index (χ0) is 18.9. The smallest absolute Gasteiger partial charge is 0.225 e. The number of carbonyl (C=O) groups excluding carboxylic acids is 1. The molecule has 142 valence electrons. The minimum absolute atomic E-state index is 0.148. The molecule has 0 radical (unpaired) electrons. The van der Waals surface area contributed by atoms with Crippen LogP contribution in [0.2, 0.25) is 0 Å². The number of anilines is 1. The van der Waals surface area contributed by atoms with Gasteiger partial charge in [0.25, 0.3) is 0 Å². The minimum Gasteiger partial charge on any atom is -0.353 e. The van der Waals surface area contributed by atoms with Crippen molar-refractivity contribution in [3.05, 3.63) is 29.8 Å². The lowest BCUT2D eigenvalue weighted by atomic mass is 9.81. The molecule has 2 fully saturated rings. The molecule has 0 spiro atoms. The molecule has 2 heterocycles. The molecule has 3 rings (SSSR count). The Labute approximate surface area is 162 Å². The monoisotopic (exact) mass is 373 g/mol. The molecule has 1 aromatic carbocycles. The minimum atomic E-state index is -0.339. The molecule has 0 aliphatic carbocycles. The Morgan fingerprint density at radius 1 is 1.19 bits per heavy atom. The van der Waals surface area contributed by atoms with Crippen LogP contribution in [0.15, 0.2) is 24.3 Å². The molecule has 0 saturated carbocycles. The van der Waals surface area contributed by atoms with E-state index in [1.807, 2.05) is 20.8 Å². The summed E-state index contributed by atoms with van der Waals surface area (Å²) in [7, 11) is 0. The Morgan fingerprint density at radius 3 is 2.42 bits per heavy atom. The summed E-state index contributed by atoms with van der Waals surface area (Å²) in [5, 5.41) is 7.53. The zero-order valence-electron chi connectivity index (χ0n) is 16.3. The van der Waals surface area contributed by atoms with E-state index in [-0.39, 0.29) is 17.4 Å². The molecule has 5 heteroatoms. The van der Waals surface area contributed by atoms with Crippen LogP contribution in [0, 0.1) is 12.3 Å². The molecule has 2 atom stereocenters. The summed E-state index contributed by atoms with van der Waals surface area (Å²) in [5.74, 6) is 0.148. The number of hydrogen-bond acceptors (Lipinski definition) is 2. The molecule has 2 aliphatic rings. The van der Waals surface area contributed by atoms with Crippen LogP contribution in [0.1, 0.15) is 58.4 Å². The third-order valence-electron chi connectivity index (χ3n) is 5.49. The van der Waals surface area contributed by atoms with Gasteiger partial charge in [-0.15, -0.1) is 0 Å². The molecule has 2 saturated heterocycles. The Kier molecular flexibility index (Phi) is 5.56. The van der Waals surface area contributed by atoms with Crippen LogP contribution in [0.25, 0.3) is 0 Å². The molecule has 0 aromatic heterocycles. The molecular weight excluding hydrogens is 342 g/mol. The van der Waals surface area contributed by atoms with Crippen molar-refractivity contribution in [1.82, 2.24) is 10.2 Å². The van der Waals surface area contributed by atoms with Gasteiger partial charge in [0.15, 0.2) is 5.11 Å². The first-order valence-electron chi connectivity index (χ1n) is 9.71. The number of benzene rings is 1. The summed E-state index contributed by atoms with van der Waals surface area (Å²) in [6.45, 7) is 8.00. The molecule has 2 N–H and O–H groups in total. The number of aryl methyl sites for hydroxylation is 1. The van der Waals surface area contributed by atoms with E-state index in [1.54, 1.807) is 0 Å². The predicted molar refractivity (Wildman–Crippen MR) is 111 cm³/mol. The number of carbonyl (C=O) groups is 1. The van der Waals surface area contributed by atoms with Gasteiger partial charge in [-0.1, -0.05) is 32.9 Å². The van der Waals surface area contributed by atoms with Crippen LogP contribution in [0.3, 0.4) is 0 Å². The standard InChI is InChI=1S/C21H31N3OS/c1-14-7-5-8-15(11-14)23-20(26)24-17-9-6-10-18(24)13-16(12-17)22-19(25)21(2,3)4/h5,7-8,11,16-18H,6,9-10,12-13H2,1-4H3,(H,22,25)(H,23,26)/t17-,18-/m0/s1. The summed E-state index contributed by atoms with van der Waals surface area (Å²) in [6.07, 6.45) is 5.50. The summed E-state index contributed by atoms with van der Waals surface area (Å²) in [5.41, 5.74) is 1.94. The highest BCUT2D eigenvalue weighted by Gasteiger charge is 2.40. The topological polar surface area (TPSA) is 44.4 Å². The Morgan fingerprint density at radius 2 is 1.85 bits per heavy atom. The van der Waals surface area contributed by atoms with Gasteiger partial charge in [-0.2, -0.15) is 0 Å². The highest BCUT2D eigenvalue weighted by molar-refractivity contribution is 7.80. The van der Waals surface area contributed by atoms with Crippen molar-refractivity contribution in [3.8, 4) is 0 Å². The maximum Gasteiger partial charge on any atom is 0.225 e. The fourth-order valence-corrected chi connectivity index (χ4v) is 4.56. The van der Waals surface area contributed by atoms with Gasteiger partial charge in [-0.05, 0) is 68.9 Å². The van der Waals surface area contributed by atoms with Gasteiger partial charge in [0.05, 0.1) is 0 Å². The first-order chi connectivity index (χ1) is 12.2. The lowest BCUT2D eigenvalue weighted by Crippen LogP contribution is -2.60. The van der Waals surface area contributed by atoms with E-state index in [9.17, 15) is 4.79 Å². The number of nitrogens with zero attached hydrogens (tertiary/aromatic N) is 1. The number of nitrogens with one attached hydrogen (secondary N) is 2. The molecule has 26 heavy (non-hydrogen) atoms. The van der Waals surface area contributed by atoms with Gasteiger partial charge in [0.1, 0.15) is 0 Å². The summed E-state index contributed by atoms with van der Waals surface area (Å²) >= 11 is 5.77. The van der Waals surface area contributed by atoms with Crippen LogP contribution in [0.5, 0.6) is 0 Å². The number of hydrogen-bond donors (Lipinski definition) is 2. The van der Waals surface area contributed by atoms with E-state index in [0.717, 1.165) is 36.5 Å². The van der Waals surface area contributed by atoms with E-state index in [4.69, 9.17) is 12.2 Å².